The van der Waals surface area contributed by atoms with Crippen LogP contribution in [0.4, 0.5) is 0 Å². The number of rotatable bonds is 5. The molecule has 4 rings (SSSR count). The lowest BCUT2D eigenvalue weighted by Crippen LogP contribution is -2.31. The highest BCUT2D eigenvalue weighted by Gasteiger charge is 2.46. The Morgan fingerprint density at radius 1 is 1.32 bits per heavy atom. The Hall–Kier alpha value is -1.60. The monoisotopic (exact) mass is 381 g/mol. The number of halogens is 2. The van der Waals surface area contributed by atoms with Gasteiger partial charge in [0.15, 0.2) is 11.3 Å². The summed E-state index contributed by atoms with van der Waals surface area (Å²) in [5.74, 6) is 0.136. The third kappa shape index (κ3) is 3.15. The van der Waals surface area contributed by atoms with Crippen LogP contribution in [0, 0.1) is 0 Å². The second-order valence-electron chi connectivity index (χ2n) is 6.12. The number of benzene rings is 1. The second kappa shape index (κ2) is 6.61. The van der Waals surface area contributed by atoms with Gasteiger partial charge in [0.2, 0.25) is 5.79 Å². The molecule has 1 aliphatic heterocycles. The van der Waals surface area contributed by atoms with E-state index >= 15 is 0 Å². The molecule has 3 heterocycles. The average Bonchev–Trinajstić information content (AvgIpc) is 3.28. The van der Waals surface area contributed by atoms with E-state index in [0.29, 0.717) is 40.2 Å². The average molecular weight is 382 g/mol. The Morgan fingerprint density at radius 3 is 2.96 bits per heavy atom. The van der Waals surface area contributed by atoms with Gasteiger partial charge in [0.25, 0.3) is 0 Å². The maximum Gasteiger partial charge on any atom is 0.236 e. The summed E-state index contributed by atoms with van der Waals surface area (Å²) in [6, 6.07) is 5.31. The van der Waals surface area contributed by atoms with Crippen molar-refractivity contribution in [3.05, 3.63) is 46.2 Å². The Balaban J connectivity index is 1.77. The number of nitrogens with zero attached hydrogens (tertiary/aromatic N) is 2. The molecule has 1 aromatic carbocycles. The first-order valence-electron chi connectivity index (χ1n) is 8.15. The first kappa shape index (κ1) is 16.8. The quantitative estimate of drug-likeness (QED) is 0.705. The molecule has 0 bridgehead atoms. The molecule has 2 unspecified atom stereocenters. The number of ether oxygens (including phenoxy) is 2. The van der Waals surface area contributed by atoms with Gasteiger partial charge in [-0.3, -0.25) is 5.10 Å². The van der Waals surface area contributed by atoms with Gasteiger partial charge in [-0.05, 0) is 24.6 Å². The molecule has 1 aliphatic rings. The fraction of sp³-hybridized carbons (Fsp3) is 0.412. The summed E-state index contributed by atoms with van der Waals surface area (Å²) in [4.78, 5) is 4.19. The van der Waals surface area contributed by atoms with Crippen molar-refractivity contribution in [2.45, 2.75) is 38.1 Å². The van der Waals surface area contributed by atoms with E-state index in [9.17, 15) is 0 Å². The predicted molar refractivity (Wildman–Crippen MR) is 93.7 cm³/mol. The molecule has 2 aromatic heterocycles. The van der Waals surface area contributed by atoms with E-state index in [2.05, 4.69) is 22.1 Å². The number of H-pyrrole nitrogens is 1. The van der Waals surface area contributed by atoms with Gasteiger partial charge in [0.05, 0.1) is 24.2 Å². The summed E-state index contributed by atoms with van der Waals surface area (Å²) in [6.45, 7) is 2.61. The van der Waals surface area contributed by atoms with Gasteiger partial charge in [-0.1, -0.05) is 36.5 Å². The lowest BCUT2D eigenvalue weighted by molar-refractivity contribution is -0.189. The van der Waals surface area contributed by atoms with Crippen LogP contribution in [-0.2, 0) is 21.7 Å². The smallest absolute Gasteiger partial charge is 0.236 e. The van der Waals surface area contributed by atoms with E-state index in [1.54, 1.807) is 12.1 Å². The topological polar surface area (TPSA) is 73.2 Å². The molecule has 0 spiro atoms. The van der Waals surface area contributed by atoms with Crippen LogP contribution in [0.25, 0.3) is 11.0 Å². The first-order chi connectivity index (χ1) is 12.1. The minimum atomic E-state index is -1.06. The fourth-order valence-electron chi connectivity index (χ4n) is 3.14. The summed E-state index contributed by atoms with van der Waals surface area (Å²) in [7, 11) is 0. The number of aromatic amines is 1. The van der Waals surface area contributed by atoms with Gasteiger partial charge in [0.1, 0.15) is 12.2 Å². The Labute approximate surface area is 154 Å². The molecule has 0 saturated carbocycles. The number of nitrogens with one attached hydrogen (secondary N) is 1. The summed E-state index contributed by atoms with van der Waals surface area (Å²) in [5.41, 5.74) is 0.559. The summed E-state index contributed by atoms with van der Waals surface area (Å²) in [6.07, 6.45) is 3.73. The third-order valence-corrected chi connectivity index (χ3v) is 4.75. The first-order valence-corrected chi connectivity index (χ1v) is 8.90. The van der Waals surface area contributed by atoms with E-state index < -0.39 is 5.79 Å². The van der Waals surface area contributed by atoms with E-state index in [4.69, 9.17) is 37.1 Å². The molecule has 0 amide bonds. The van der Waals surface area contributed by atoms with Gasteiger partial charge < -0.3 is 13.9 Å². The van der Waals surface area contributed by atoms with Crippen molar-refractivity contribution in [1.82, 2.24) is 15.2 Å². The molecule has 1 fully saturated rings. The van der Waals surface area contributed by atoms with E-state index in [0.717, 1.165) is 18.2 Å². The van der Waals surface area contributed by atoms with Crippen molar-refractivity contribution in [2.75, 3.05) is 6.61 Å². The third-order valence-electron chi connectivity index (χ3n) is 4.25. The minimum Gasteiger partial charge on any atom is -0.454 e. The van der Waals surface area contributed by atoms with Crippen molar-refractivity contribution < 1.29 is 13.9 Å². The molecule has 1 N–H and O–H groups in total. The molecule has 3 aromatic rings. The molecule has 1 saturated heterocycles. The van der Waals surface area contributed by atoms with Crippen molar-refractivity contribution >= 4 is 34.2 Å². The Kier molecular flexibility index (Phi) is 4.45. The standard InChI is InChI=1S/C17H17Cl2N3O3/c1-2-3-12-8-23-17(25-12,7-15-20-9-21-22-15)14-5-10-4-11(18)6-13(19)16(10)24-14/h4-6,9,12H,2-3,7-8H2,1H3,(H,20,21,22). The SMILES string of the molecule is CCCC1COC(Cc2ncn[nH]2)(c2cc3cc(Cl)cc(Cl)c3o2)O1. The van der Waals surface area contributed by atoms with Gasteiger partial charge in [-0.2, -0.15) is 5.10 Å². The van der Waals surface area contributed by atoms with Gasteiger partial charge in [-0.15, -0.1) is 0 Å². The zero-order chi connectivity index (χ0) is 17.4. The van der Waals surface area contributed by atoms with Crippen molar-refractivity contribution in [1.29, 1.82) is 0 Å². The molecule has 0 radical (unpaired) electrons. The predicted octanol–water partition coefficient (Wildman–Crippen LogP) is 4.47. The second-order valence-corrected chi connectivity index (χ2v) is 6.96. The highest BCUT2D eigenvalue weighted by molar-refractivity contribution is 6.38. The molecule has 132 valence electrons. The van der Waals surface area contributed by atoms with Crippen molar-refractivity contribution in [2.24, 2.45) is 0 Å². The summed E-state index contributed by atoms with van der Waals surface area (Å²) >= 11 is 12.4. The van der Waals surface area contributed by atoms with Crippen LogP contribution >= 0.6 is 23.2 Å². The van der Waals surface area contributed by atoms with Crippen molar-refractivity contribution in [3.63, 3.8) is 0 Å². The molecular weight excluding hydrogens is 365 g/mol. The maximum absolute atomic E-state index is 6.27. The lowest BCUT2D eigenvalue weighted by atomic mass is 10.1. The van der Waals surface area contributed by atoms with Crippen molar-refractivity contribution in [3.8, 4) is 0 Å². The number of hydrogen-bond acceptors (Lipinski definition) is 5. The fourth-order valence-corrected chi connectivity index (χ4v) is 3.69. The molecular formula is C17H17Cl2N3O3. The Bertz CT molecular complexity index is 881. The van der Waals surface area contributed by atoms with Crippen LogP contribution in [0.3, 0.4) is 0 Å². The normalized spacial score (nSPS) is 23.6. The van der Waals surface area contributed by atoms with Crippen LogP contribution in [0.1, 0.15) is 31.4 Å². The number of aromatic nitrogens is 3. The summed E-state index contributed by atoms with van der Waals surface area (Å²) < 4.78 is 18.4. The molecule has 6 nitrogen and oxygen atoms in total. The largest absolute Gasteiger partial charge is 0.454 e. The van der Waals surface area contributed by atoms with Gasteiger partial charge in [-0.25, -0.2) is 4.98 Å². The van der Waals surface area contributed by atoms with Crippen LogP contribution in [0.2, 0.25) is 10.0 Å². The molecule has 8 heteroatoms. The van der Waals surface area contributed by atoms with Crippen LogP contribution in [0.15, 0.2) is 28.9 Å². The molecule has 25 heavy (non-hydrogen) atoms. The number of furan rings is 1. The van der Waals surface area contributed by atoms with E-state index in [-0.39, 0.29) is 6.10 Å². The Morgan fingerprint density at radius 2 is 2.20 bits per heavy atom. The molecule has 2 atom stereocenters. The van der Waals surface area contributed by atoms with E-state index in [1.807, 2.05) is 6.07 Å². The maximum atomic E-state index is 6.27. The van der Waals surface area contributed by atoms with Crippen LogP contribution in [-0.4, -0.2) is 27.9 Å². The zero-order valence-corrected chi connectivity index (χ0v) is 15.1. The summed E-state index contributed by atoms with van der Waals surface area (Å²) in [5, 5.41) is 8.55. The zero-order valence-electron chi connectivity index (χ0n) is 13.6. The number of fused-ring (bicyclic) bond motifs is 1. The van der Waals surface area contributed by atoms with Gasteiger partial charge in [0, 0.05) is 10.4 Å². The molecule has 0 aliphatic carbocycles. The lowest BCUT2D eigenvalue weighted by Gasteiger charge is -2.24. The van der Waals surface area contributed by atoms with Crippen LogP contribution in [0.5, 0.6) is 0 Å². The van der Waals surface area contributed by atoms with Gasteiger partial charge >= 0.3 is 0 Å². The highest BCUT2D eigenvalue weighted by Crippen LogP contribution is 2.42. The minimum absolute atomic E-state index is 0.000179. The van der Waals surface area contributed by atoms with E-state index in [1.165, 1.54) is 6.33 Å². The highest BCUT2D eigenvalue weighted by atomic mass is 35.5. The van der Waals surface area contributed by atoms with Crippen LogP contribution < -0.4 is 0 Å². The number of hydrogen-bond donors (Lipinski definition) is 1.